The van der Waals surface area contributed by atoms with Gasteiger partial charge in [0, 0.05) is 20.2 Å². The Kier molecular flexibility index (Phi) is 40.7. The Morgan fingerprint density at radius 1 is 0.364 bits per heavy atom. The molecule has 0 aliphatic carbocycles. The summed E-state index contributed by atoms with van der Waals surface area (Å²) in [6, 6.07) is 53.6. The van der Waals surface area contributed by atoms with Crippen LogP contribution in [0.2, 0.25) is 0 Å². The van der Waals surface area contributed by atoms with E-state index in [1.165, 1.54) is 54.2 Å². The van der Waals surface area contributed by atoms with Crippen molar-refractivity contribution in [2.45, 2.75) is 242 Å². The summed E-state index contributed by atoms with van der Waals surface area (Å²) in [6.45, 7) is 51.0. The van der Waals surface area contributed by atoms with E-state index < -0.39 is 41.7 Å². The van der Waals surface area contributed by atoms with Gasteiger partial charge in [-0.1, -0.05) is 301 Å². The molecule has 0 saturated carbocycles. The van der Waals surface area contributed by atoms with Crippen LogP contribution in [-0.2, 0) is 128 Å². The number of nitrogens with one attached hydrogen (secondary N) is 2. The first-order valence-electron chi connectivity index (χ1n) is 39.3. The number of carboxylic acid groups (broad SMARTS) is 5. The number of hydrogen-bond acceptors (Lipinski definition) is 14. The number of anilines is 2. The fourth-order valence-electron chi connectivity index (χ4n) is 10.9. The smallest absolute Gasteiger partial charge is 0.394 e. The van der Waals surface area contributed by atoms with Crippen molar-refractivity contribution in [2.24, 2.45) is 0 Å². The number of carbonyl (C=O) groups excluding carboxylic acids is 5. The van der Waals surface area contributed by atoms with Crippen molar-refractivity contribution in [3.05, 3.63) is 262 Å². The number of rotatable bonds is 12. The predicted octanol–water partition coefficient (Wildman–Crippen LogP) is 21.5. The van der Waals surface area contributed by atoms with E-state index in [1.54, 1.807) is 25.3 Å². The molecule has 0 fully saturated rings. The van der Waals surface area contributed by atoms with Crippen LogP contribution >= 0.6 is 31.9 Å². The molecule has 0 saturated heterocycles. The molecule has 7 N–H and O–H groups in total. The number of fused-ring (bicyclic) bond motifs is 1. The van der Waals surface area contributed by atoms with Crippen LogP contribution in [0.25, 0.3) is 0 Å². The zero-order valence-corrected chi connectivity index (χ0v) is 78.6. The summed E-state index contributed by atoms with van der Waals surface area (Å²) in [6.07, 6.45) is 0.839. The minimum atomic E-state index is -1.67. The summed E-state index contributed by atoms with van der Waals surface area (Å²) in [5.74, 6) is -7.94. The number of ether oxygens (including phenoxy) is 4. The number of aliphatic carboxylic acids is 4. The highest BCUT2D eigenvalue weighted by Crippen LogP contribution is 2.33. The van der Waals surface area contributed by atoms with E-state index in [0.717, 1.165) is 64.8 Å². The minimum absolute atomic E-state index is 0.0344. The molecule has 656 valence electrons. The molecular formula is C98H126Br2N2O19. The molecule has 0 radical (unpaired) electrons. The summed E-state index contributed by atoms with van der Waals surface area (Å²) < 4.78 is 21.3. The number of esters is 3. The van der Waals surface area contributed by atoms with E-state index in [-0.39, 0.29) is 85.3 Å². The molecule has 0 aromatic heterocycles. The molecule has 23 heteroatoms. The van der Waals surface area contributed by atoms with Crippen LogP contribution in [0.1, 0.15) is 259 Å². The van der Waals surface area contributed by atoms with E-state index in [4.69, 9.17) is 35.0 Å². The summed E-state index contributed by atoms with van der Waals surface area (Å²) in [7, 11) is 4.51. The second-order valence-electron chi connectivity index (χ2n) is 37.1. The van der Waals surface area contributed by atoms with Gasteiger partial charge in [-0.25, -0.2) is 19.2 Å². The average Bonchev–Trinajstić information content (AvgIpc) is 1.22. The topological polar surface area (TPSA) is 333 Å². The van der Waals surface area contributed by atoms with Crippen LogP contribution in [0, 0.1) is 0 Å². The van der Waals surface area contributed by atoms with Gasteiger partial charge < -0.3 is 55.1 Å². The van der Waals surface area contributed by atoms with Gasteiger partial charge in [0.1, 0.15) is 12.4 Å². The Bertz CT molecular complexity index is 4850. The van der Waals surface area contributed by atoms with Crippen LogP contribution in [0.4, 0.5) is 11.4 Å². The maximum Gasteiger partial charge on any atom is 0.394 e. The monoisotopic (exact) mass is 1790 g/mol. The molecule has 0 bridgehead atoms. The Balaban J connectivity index is 0.000000470. The SMILES string of the molecule is CC(C)(C)c1cc(Br)cc(CC(=O)O)c1.CC(C)(C)c1ccc(NC(=O)C(=O)O)c(C(=O)O)c1.CC(C)(C)c1ccc(NC(=O)C(=O)O)cc1.CC(C)(C)c1ccc2c(c1)C(=O)OC2.CC(C)(C)c1cccc(CC(=O)O)c1.COC(=O)Cc1cc(Br)cc(C(C)(C)C)c1.COC(=O)Cc1cccc(C(C)(C)C)c1.COc1ccc(C(C)(C)C)cc1. The minimum Gasteiger partial charge on any atom is -0.497 e. The second-order valence-corrected chi connectivity index (χ2v) is 38.9. The average molecular weight is 1800 g/mol. The van der Waals surface area contributed by atoms with Crippen molar-refractivity contribution >= 4 is 103 Å². The highest BCUT2D eigenvalue weighted by Gasteiger charge is 2.27. The van der Waals surface area contributed by atoms with Crippen LogP contribution < -0.4 is 15.4 Å². The van der Waals surface area contributed by atoms with Crippen LogP contribution in [0.3, 0.4) is 0 Å². The van der Waals surface area contributed by atoms with Crippen molar-refractivity contribution in [1.29, 1.82) is 0 Å². The van der Waals surface area contributed by atoms with E-state index in [0.29, 0.717) is 25.1 Å². The molecule has 0 spiro atoms. The van der Waals surface area contributed by atoms with E-state index in [2.05, 4.69) is 240 Å². The lowest BCUT2D eigenvalue weighted by molar-refractivity contribution is -0.147. The number of benzene rings is 8. The van der Waals surface area contributed by atoms with Gasteiger partial charge in [-0.15, -0.1) is 0 Å². The second kappa shape index (κ2) is 46.3. The summed E-state index contributed by atoms with van der Waals surface area (Å²) in [5, 5.41) is 47.7. The zero-order valence-electron chi connectivity index (χ0n) is 75.4. The molecule has 8 aromatic carbocycles. The molecule has 0 unspecified atom stereocenters. The lowest BCUT2D eigenvalue weighted by Crippen LogP contribution is -2.23. The Morgan fingerprint density at radius 3 is 1.07 bits per heavy atom. The molecule has 9 rings (SSSR count). The van der Waals surface area contributed by atoms with Gasteiger partial charge in [-0.2, -0.15) is 0 Å². The van der Waals surface area contributed by atoms with E-state index in [9.17, 15) is 47.9 Å². The fourth-order valence-corrected chi connectivity index (χ4v) is 12.0. The van der Waals surface area contributed by atoms with Crippen molar-refractivity contribution in [3.63, 3.8) is 0 Å². The van der Waals surface area contributed by atoms with Crippen molar-refractivity contribution in [3.8, 4) is 5.75 Å². The third kappa shape index (κ3) is 39.5. The number of aromatic carboxylic acids is 1. The predicted molar refractivity (Wildman–Crippen MR) is 486 cm³/mol. The molecular weight excluding hydrogens is 1670 g/mol. The third-order valence-corrected chi connectivity index (χ3v) is 19.3. The first-order valence-corrected chi connectivity index (χ1v) is 40.9. The Hall–Kier alpha value is -10.8. The van der Waals surface area contributed by atoms with Crippen LogP contribution in [0.5, 0.6) is 5.75 Å². The summed E-state index contributed by atoms with van der Waals surface area (Å²) in [4.78, 5) is 109. The first kappa shape index (κ1) is 106. The fraction of sp³-hybridized carbons (Fsp3) is 0.408. The number of methoxy groups -OCH3 is 3. The quantitative estimate of drug-likeness (QED) is 0.0339. The number of hydrogen-bond donors (Lipinski definition) is 7. The summed E-state index contributed by atoms with van der Waals surface area (Å²) >= 11 is 6.87. The van der Waals surface area contributed by atoms with Crippen LogP contribution in [0.15, 0.2) is 179 Å². The van der Waals surface area contributed by atoms with E-state index >= 15 is 0 Å². The molecule has 1 aliphatic rings. The highest BCUT2D eigenvalue weighted by molar-refractivity contribution is 9.10. The van der Waals surface area contributed by atoms with Crippen LogP contribution in [-0.4, -0.2) is 106 Å². The lowest BCUT2D eigenvalue weighted by Gasteiger charge is -2.20. The van der Waals surface area contributed by atoms with Crippen molar-refractivity contribution in [2.75, 3.05) is 32.0 Å². The molecule has 0 atom stereocenters. The van der Waals surface area contributed by atoms with Crippen molar-refractivity contribution < 1.29 is 92.4 Å². The number of carboxylic acids is 5. The molecule has 1 heterocycles. The zero-order chi connectivity index (χ0) is 92.9. The number of carbonyl (C=O) groups is 10. The maximum atomic E-state index is 11.3. The Morgan fingerprint density at radius 2 is 0.694 bits per heavy atom. The van der Waals surface area contributed by atoms with Gasteiger partial charge in [0.25, 0.3) is 0 Å². The molecule has 2 amide bonds. The van der Waals surface area contributed by atoms with Gasteiger partial charge in [-0.05, 0) is 177 Å². The maximum absolute atomic E-state index is 11.3. The highest BCUT2D eigenvalue weighted by atomic mass is 79.9. The van der Waals surface area contributed by atoms with Gasteiger partial charge in [-0.3, -0.25) is 28.8 Å². The molecule has 8 aromatic rings. The number of halogens is 2. The van der Waals surface area contributed by atoms with E-state index in [1.807, 2.05) is 118 Å². The lowest BCUT2D eigenvalue weighted by atomic mass is 9.85. The molecule has 121 heavy (non-hydrogen) atoms. The first-order chi connectivity index (χ1) is 55.4. The largest absolute Gasteiger partial charge is 0.497 e. The summed E-state index contributed by atoms with van der Waals surface area (Å²) in [5.41, 5.74) is 15.3. The van der Waals surface area contributed by atoms with Gasteiger partial charge in [0.05, 0.1) is 63.8 Å². The number of amides is 2. The molecule has 1 aliphatic heterocycles. The third-order valence-electron chi connectivity index (χ3n) is 18.4. The standard InChI is InChI=1S/C13H17BrO2.C13H15NO5.C13H18O2.C12H15BrO2.C12H15NO3.C12H14O2.C12H16O2.C11H16O/c1-13(2,3)10-5-9(6-11(14)8-10)7-12(15)16-4;1-13(2,3)7-4-5-9(8(6-7)11(16)17)14-10(15)12(18)19;1-13(2,3)11-7-5-6-10(8-11)9-12(14)15-4;1-12(2,3)9-4-8(6-11(14)15)5-10(13)7-9;1-12(2,3)8-4-6-9(7-5-8)13-10(14)11(15)16;1-12(2,3)9-5-4-8-7-14-11(13)10(8)6-9;1-12(2,3)10-6-4-5-9(7-10)8-11(13)14;1-11(2,3)9-5-7-10(12-4)8-6-9/h5-6,8H,7H2,1-4H3;4-6H,1-3H3,(H,14,15)(H,16,17)(H,18,19);5-8H,9H2,1-4H3;4-5,7H,6H2,1-3H3,(H,14,15);4-7H,1-3H3,(H,13,14)(H,15,16);4-6H,7H2,1-3H3;4-7H,8H2,1-3H3,(H,13,14);5-8H,1-4H3. The molecule has 21 nitrogen and oxygen atoms in total. The van der Waals surface area contributed by atoms with Crippen molar-refractivity contribution in [1.82, 2.24) is 0 Å². The van der Waals surface area contributed by atoms with Gasteiger partial charge in [0.2, 0.25) is 0 Å². The Labute approximate surface area is 732 Å². The van der Waals surface area contributed by atoms with Gasteiger partial charge >= 0.3 is 59.6 Å². The number of cyclic esters (lactones) is 1. The normalized spacial score (nSPS) is 11.7. The van der Waals surface area contributed by atoms with Gasteiger partial charge in [0.15, 0.2) is 0 Å².